The van der Waals surface area contributed by atoms with Gasteiger partial charge in [-0.2, -0.15) is 0 Å². The molecular weight excluding hydrogens is 216 g/mol. The van der Waals surface area contributed by atoms with Gasteiger partial charge in [0.15, 0.2) is 11.8 Å². The Bertz CT molecular complexity index is 404. The zero-order chi connectivity index (χ0) is 12.3. The van der Waals surface area contributed by atoms with E-state index in [-0.39, 0.29) is 0 Å². The highest BCUT2D eigenvalue weighted by atomic mass is 15.3. The molecule has 0 saturated carbocycles. The number of nitrogens with two attached hydrogens (primary N) is 1. The van der Waals surface area contributed by atoms with Crippen molar-refractivity contribution in [3.63, 3.8) is 0 Å². The Morgan fingerprint density at radius 3 is 2.88 bits per heavy atom. The molecule has 6 heteroatoms. The Morgan fingerprint density at radius 1 is 1.41 bits per heavy atom. The molecule has 0 spiro atoms. The van der Waals surface area contributed by atoms with Crippen LogP contribution in [0.25, 0.3) is 0 Å². The fourth-order valence-corrected chi connectivity index (χ4v) is 2.13. The first kappa shape index (κ1) is 11.9. The fourth-order valence-electron chi connectivity index (χ4n) is 2.13. The normalized spacial score (nSPS) is 15.1. The number of hydrogen-bond donors (Lipinski definition) is 1. The third kappa shape index (κ3) is 2.40. The second-order valence-corrected chi connectivity index (χ2v) is 4.13. The van der Waals surface area contributed by atoms with Gasteiger partial charge in [0.2, 0.25) is 0 Å². The van der Waals surface area contributed by atoms with Gasteiger partial charge in [0, 0.05) is 26.1 Å². The van der Waals surface area contributed by atoms with Gasteiger partial charge in [-0.15, -0.1) is 10.2 Å². The van der Waals surface area contributed by atoms with Gasteiger partial charge in [-0.05, 0) is 20.3 Å². The summed E-state index contributed by atoms with van der Waals surface area (Å²) in [6.45, 7) is 7.43. The molecule has 2 N–H and O–H groups in total. The Labute approximate surface area is 102 Å². The molecule has 94 valence electrons. The van der Waals surface area contributed by atoms with Gasteiger partial charge in [0.1, 0.15) is 12.4 Å². The predicted octanol–water partition coefficient (Wildman–Crippen LogP) is 0.381. The molecule has 1 aromatic heterocycles. The largest absolute Gasteiger partial charge is 0.370 e. The third-order valence-corrected chi connectivity index (χ3v) is 3.16. The van der Waals surface area contributed by atoms with Crippen molar-refractivity contribution in [3.05, 3.63) is 11.6 Å². The first-order chi connectivity index (χ1) is 8.26. The Balaban J connectivity index is 2.03. The van der Waals surface area contributed by atoms with Gasteiger partial charge in [0.25, 0.3) is 0 Å². The second-order valence-electron chi connectivity index (χ2n) is 4.13. The summed E-state index contributed by atoms with van der Waals surface area (Å²) in [4.78, 5) is 6.41. The van der Waals surface area contributed by atoms with E-state index in [1.165, 1.54) is 0 Å². The van der Waals surface area contributed by atoms with Gasteiger partial charge >= 0.3 is 0 Å². The summed E-state index contributed by atoms with van der Waals surface area (Å²) in [5.41, 5.74) is 5.92. The van der Waals surface area contributed by atoms with Crippen LogP contribution in [0.5, 0.6) is 0 Å². The highest BCUT2D eigenvalue weighted by molar-refractivity contribution is 5.77. The molecule has 0 fully saturated rings. The van der Waals surface area contributed by atoms with Crippen LogP contribution in [0.1, 0.15) is 31.9 Å². The van der Waals surface area contributed by atoms with E-state index in [1.54, 1.807) is 0 Å². The van der Waals surface area contributed by atoms with E-state index in [2.05, 4.69) is 33.6 Å². The van der Waals surface area contributed by atoms with Crippen LogP contribution in [0.15, 0.2) is 4.99 Å². The Hall–Kier alpha value is -1.59. The van der Waals surface area contributed by atoms with Crippen molar-refractivity contribution in [2.24, 2.45) is 10.7 Å². The van der Waals surface area contributed by atoms with Crippen molar-refractivity contribution in [2.45, 2.75) is 39.8 Å². The van der Waals surface area contributed by atoms with E-state index < -0.39 is 0 Å². The zero-order valence-corrected chi connectivity index (χ0v) is 10.6. The van der Waals surface area contributed by atoms with Crippen LogP contribution in [0.3, 0.4) is 0 Å². The van der Waals surface area contributed by atoms with Crippen molar-refractivity contribution in [1.29, 1.82) is 0 Å². The molecule has 0 aromatic carbocycles. The molecular formula is C11H20N6. The van der Waals surface area contributed by atoms with Crippen molar-refractivity contribution in [3.8, 4) is 0 Å². The van der Waals surface area contributed by atoms with E-state index in [9.17, 15) is 0 Å². The SMILES string of the molecule is CCN(CC)C(N)=NCc1nnc2n1CCC2. The van der Waals surface area contributed by atoms with Crippen LogP contribution >= 0.6 is 0 Å². The van der Waals surface area contributed by atoms with Gasteiger partial charge in [0.05, 0.1) is 0 Å². The van der Waals surface area contributed by atoms with Crippen LogP contribution in [-0.4, -0.2) is 38.7 Å². The number of guanidine groups is 1. The molecule has 0 atom stereocenters. The molecule has 1 aliphatic heterocycles. The van der Waals surface area contributed by atoms with Crippen molar-refractivity contribution >= 4 is 5.96 Å². The molecule has 2 rings (SSSR count). The van der Waals surface area contributed by atoms with Gasteiger partial charge in [-0.3, -0.25) is 0 Å². The predicted molar refractivity (Wildman–Crippen MR) is 66.6 cm³/mol. The first-order valence-electron chi connectivity index (χ1n) is 6.22. The molecule has 1 aromatic rings. The quantitative estimate of drug-likeness (QED) is 0.606. The lowest BCUT2D eigenvalue weighted by molar-refractivity contribution is 0.457. The van der Waals surface area contributed by atoms with Crippen molar-refractivity contribution < 1.29 is 0 Å². The molecule has 1 aliphatic rings. The van der Waals surface area contributed by atoms with Crippen LogP contribution in [-0.2, 0) is 19.5 Å². The maximum Gasteiger partial charge on any atom is 0.191 e. The number of aliphatic imine (C=N–C) groups is 1. The molecule has 0 unspecified atom stereocenters. The molecule has 17 heavy (non-hydrogen) atoms. The Kier molecular flexibility index (Phi) is 3.61. The van der Waals surface area contributed by atoms with Crippen LogP contribution in [0.2, 0.25) is 0 Å². The number of aromatic nitrogens is 3. The number of rotatable bonds is 4. The lowest BCUT2D eigenvalue weighted by Gasteiger charge is -2.19. The van der Waals surface area contributed by atoms with Gasteiger partial charge < -0.3 is 15.2 Å². The van der Waals surface area contributed by atoms with Crippen LogP contribution in [0, 0.1) is 0 Å². The minimum Gasteiger partial charge on any atom is -0.370 e. The monoisotopic (exact) mass is 236 g/mol. The molecule has 0 bridgehead atoms. The zero-order valence-electron chi connectivity index (χ0n) is 10.6. The standard InChI is InChI=1S/C11H20N6/c1-3-16(4-2)11(12)13-8-10-15-14-9-6-5-7-17(9)10/h3-8H2,1-2H3,(H2,12,13). The first-order valence-corrected chi connectivity index (χ1v) is 6.22. The summed E-state index contributed by atoms with van der Waals surface area (Å²) in [5, 5.41) is 8.30. The maximum atomic E-state index is 5.92. The van der Waals surface area contributed by atoms with Crippen LogP contribution < -0.4 is 5.73 Å². The smallest absolute Gasteiger partial charge is 0.191 e. The van der Waals surface area contributed by atoms with E-state index in [4.69, 9.17) is 5.73 Å². The maximum absolute atomic E-state index is 5.92. The van der Waals surface area contributed by atoms with Gasteiger partial charge in [-0.25, -0.2) is 4.99 Å². The van der Waals surface area contributed by atoms with E-state index >= 15 is 0 Å². The summed E-state index contributed by atoms with van der Waals surface area (Å²) in [5.74, 6) is 2.59. The average Bonchev–Trinajstić information content (AvgIpc) is 2.90. The van der Waals surface area contributed by atoms with Crippen LogP contribution in [0.4, 0.5) is 0 Å². The van der Waals surface area contributed by atoms with Gasteiger partial charge in [-0.1, -0.05) is 0 Å². The lowest BCUT2D eigenvalue weighted by atomic mass is 10.4. The molecule has 2 heterocycles. The highest BCUT2D eigenvalue weighted by Crippen LogP contribution is 2.14. The van der Waals surface area contributed by atoms with E-state index in [0.717, 1.165) is 44.1 Å². The molecule has 0 radical (unpaired) electrons. The highest BCUT2D eigenvalue weighted by Gasteiger charge is 2.16. The number of fused-ring (bicyclic) bond motifs is 1. The third-order valence-electron chi connectivity index (χ3n) is 3.16. The molecule has 0 amide bonds. The van der Waals surface area contributed by atoms with Crippen molar-refractivity contribution in [2.75, 3.05) is 13.1 Å². The average molecular weight is 236 g/mol. The number of aryl methyl sites for hydroxylation is 1. The lowest BCUT2D eigenvalue weighted by Crippen LogP contribution is -2.37. The minimum atomic E-state index is 0.523. The number of hydrogen-bond acceptors (Lipinski definition) is 3. The van der Waals surface area contributed by atoms with E-state index in [1.807, 2.05) is 4.90 Å². The molecule has 0 aliphatic carbocycles. The summed E-state index contributed by atoms with van der Waals surface area (Å²) >= 11 is 0. The topological polar surface area (TPSA) is 72.3 Å². The molecule has 6 nitrogen and oxygen atoms in total. The van der Waals surface area contributed by atoms with E-state index in [0.29, 0.717) is 12.5 Å². The number of nitrogens with zero attached hydrogens (tertiary/aromatic N) is 5. The minimum absolute atomic E-state index is 0.523. The Morgan fingerprint density at radius 2 is 2.18 bits per heavy atom. The summed E-state index contributed by atoms with van der Waals surface area (Å²) in [6.07, 6.45) is 2.19. The summed E-state index contributed by atoms with van der Waals surface area (Å²) < 4.78 is 2.15. The second kappa shape index (κ2) is 5.16. The van der Waals surface area contributed by atoms with Crippen molar-refractivity contribution in [1.82, 2.24) is 19.7 Å². The summed E-state index contributed by atoms with van der Waals surface area (Å²) in [6, 6.07) is 0. The molecule has 0 saturated heterocycles. The summed E-state index contributed by atoms with van der Waals surface area (Å²) in [7, 11) is 0. The fraction of sp³-hybridized carbons (Fsp3) is 0.727.